The summed E-state index contributed by atoms with van der Waals surface area (Å²) >= 11 is 0. The molecule has 5 nitrogen and oxygen atoms in total. The molecule has 0 aliphatic heterocycles. The van der Waals surface area contributed by atoms with E-state index < -0.39 is 15.9 Å². The minimum atomic E-state index is -3.89. The normalized spacial score (nSPS) is 12.3. The molecule has 162 valence electrons. The van der Waals surface area contributed by atoms with Crippen LogP contribution in [0.5, 0.6) is 0 Å². The smallest absolute Gasteiger partial charge is 0.262 e. The maximum atomic E-state index is 13.1. The number of amides is 1. The van der Waals surface area contributed by atoms with Crippen LogP contribution in [0.2, 0.25) is 0 Å². The second kappa shape index (κ2) is 8.89. The highest BCUT2D eigenvalue weighted by Gasteiger charge is 2.20. The summed E-state index contributed by atoms with van der Waals surface area (Å²) in [7, 11) is -3.89. The van der Waals surface area contributed by atoms with Crippen molar-refractivity contribution in [3.05, 3.63) is 94.3 Å². The van der Waals surface area contributed by atoms with Crippen molar-refractivity contribution in [1.29, 1.82) is 0 Å². The van der Waals surface area contributed by atoms with Crippen molar-refractivity contribution in [2.24, 2.45) is 0 Å². The molecule has 3 rings (SSSR count). The maximum Gasteiger partial charge on any atom is 0.262 e. The van der Waals surface area contributed by atoms with Gasteiger partial charge < -0.3 is 5.32 Å². The quantitative estimate of drug-likeness (QED) is 0.564. The lowest BCUT2D eigenvalue weighted by Gasteiger charge is -2.16. The Bertz CT molecular complexity index is 1220. The SMILES string of the molecule is Cc1ccc(NS(=O)(=O)c2cc(C(=O)N[C@@H](C)c3ccc(F)cc3)ccc2C)cc1C. The zero-order chi connectivity index (χ0) is 22.8. The van der Waals surface area contributed by atoms with Gasteiger partial charge >= 0.3 is 0 Å². The monoisotopic (exact) mass is 440 g/mol. The van der Waals surface area contributed by atoms with Crippen molar-refractivity contribution >= 4 is 21.6 Å². The second-order valence-corrected chi connectivity index (χ2v) is 9.28. The van der Waals surface area contributed by atoms with E-state index in [1.54, 1.807) is 50.2 Å². The van der Waals surface area contributed by atoms with Crippen LogP contribution in [0.4, 0.5) is 10.1 Å². The molecule has 0 spiro atoms. The highest BCUT2D eigenvalue weighted by atomic mass is 32.2. The number of aryl methyl sites for hydroxylation is 3. The molecule has 1 atom stereocenters. The number of nitrogens with one attached hydrogen (secondary N) is 2. The van der Waals surface area contributed by atoms with Gasteiger partial charge in [0.15, 0.2) is 0 Å². The van der Waals surface area contributed by atoms with Crippen LogP contribution in [-0.2, 0) is 10.0 Å². The van der Waals surface area contributed by atoms with Crippen LogP contribution in [0.1, 0.15) is 45.6 Å². The molecule has 0 fully saturated rings. The Labute approximate surface area is 182 Å². The summed E-state index contributed by atoms with van der Waals surface area (Å²) in [6, 6.07) is 15.3. The number of carbonyl (C=O) groups excluding carboxylic acids is 1. The van der Waals surface area contributed by atoms with E-state index in [1.807, 2.05) is 19.9 Å². The molecule has 0 unspecified atom stereocenters. The van der Waals surface area contributed by atoms with Gasteiger partial charge in [0.2, 0.25) is 0 Å². The number of anilines is 1. The van der Waals surface area contributed by atoms with E-state index in [2.05, 4.69) is 10.0 Å². The Hall–Kier alpha value is -3.19. The molecule has 0 bridgehead atoms. The standard InChI is InChI=1S/C24H25FN2O3S/c1-15-6-12-22(13-17(15)3)27-31(29,30)23-14-20(7-5-16(23)2)24(28)26-18(4)19-8-10-21(25)11-9-19/h5-14,18,27H,1-4H3,(H,26,28)/t18-/m0/s1. The molecule has 1 amide bonds. The molecule has 0 aliphatic carbocycles. The number of benzene rings is 3. The van der Waals surface area contributed by atoms with Crippen LogP contribution in [0.25, 0.3) is 0 Å². The van der Waals surface area contributed by atoms with E-state index in [0.717, 1.165) is 16.7 Å². The molecule has 0 heterocycles. The van der Waals surface area contributed by atoms with Gasteiger partial charge in [0, 0.05) is 11.3 Å². The van der Waals surface area contributed by atoms with Gasteiger partial charge in [0.25, 0.3) is 15.9 Å². The number of sulfonamides is 1. The van der Waals surface area contributed by atoms with Crippen molar-refractivity contribution in [2.75, 3.05) is 4.72 Å². The molecule has 0 radical (unpaired) electrons. The highest BCUT2D eigenvalue weighted by Crippen LogP contribution is 2.23. The van der Waals surface area contributed by atoms with Gasteiger partial charge in [-0.25, -0.2) is 12.8 Å². The summed E-state index contributed by atoms with van der Waals surface area (Å²) in [4.78, 5) is 12.8. The summed E-state index contributed by atoms with van der Waals surface area (Å²) in [6.45, 7) is 7.31. The molecule has 7 heteroatoms. The lowest BCUT2D eigenvalue weighted by atomic mass is 10.1. The van der Waals surface area contributed by atoms with E-state index in [4.69, 9.17) is 0 Å². The molecule has 0 saturated carbocycles. The van der Waals surface area contributed by atoms with Crippen molar-refractivity contribution in [3.63, 3.8) is 0 Å². The summed E-state index contributed by atoms with van der Waals surface area (Å²) in [5.41, 5.74) is 3.99. The summed E-state index contributed by atoms with van der Waals surface area (Å²) in [5.74, 6) is -0.772. The average molecular weight is 441 g/mol. The molecule has 3 aromatic rings. The van der Waals surface area contributed by atoms with E-state index in [1.165, 1.54) is 18.2 Å². The molecular formula is C24H25FN2O3S. The second-order valence-electron chi connectivity index (χ2n) is 7.63. The van der Waals surface area contributed by atoms with E-state index in [0.29, 0.717) is 11.3 Å². The number of halogens is 1. The van der Waals surface area contributed by atoms with Crippen molar-refractivity contribution in [3.8, 4) is 0 Å². The first-order valence-electron chi connectivity index (χ1n) is 9.84. The molecule has 0 aliphatic rings. The minimum Gasteiger partial charge on any atom is -0.346 e. The van der Waals surface area contributed by atoms with E-state index >= 15 is 0 Å². The lowest BCUT2D eigenvalue weighted by molar-refractivity contribution is 0.0939. The Kier molecular flexibility index (Phi) is 6.45. The fraction of sp³-hybridized carbons (Fsp3) is 0.208. The fourth-order valence-electron chi connectivity index (χ4n) is 3.16. The Morgan fingerprint density at radius 3 is 2.16 bits per heavy atom. The fourth-order valence-corrected chi connectivity index (χ4v) is 4.48. The Morgan fingerprint density at radius 1 is 0.871 bits per heavy atom. The number of carbonyl (C=O) groups is 1. The van der Waals surface area contributed by atoms with Crippen LogP contribution in [-0.4, -0.2) is 14.3 Å². The summed E-state index contributed by atoms with van der Waals surface area (Å²) in [5, 5.41) is 2.82. The minimum absolute atomic E-state index is 0.0350. The number of hydrogen-bond donors (Lipinski definition) is 2. The van der Waals surface area contributed by atoms with Gasteiger partial charge in [-0.05, 0) is 86.3 Å². The zero-order valence-electron chi connectivity index (χ0n) is 17.9. The van der Waals surface area contributed by atoms with Gasteiger partial charge in [-0.2, -0.15) is 0 Å². The van der Waals surface area contributed by atoms with Gasteiger partial charge in [-0.3, -0.25) is 9.52 Å². The lowest BCUT2D eigenvalue weighted by Crippen LogP contribution is -2.27. The largest absolute Gasteiger partial charge is 0.346 e. The highest BCUT2D eigenvalue weighted by molar-refractivity contribution is 7.92. The summed E-state index contributed by atoms with van der Waals surface area (Å²) in [6.07, 6.45) is 0. The predicted octanol–water partition coefficient (Wildman–Crippen LogP) is 5.04. The van der Waals surface area contributed by atoms with Crippen LogP contribution < -0.4 is 10.0 Å². The third kappa shape index (κ3) is 5.30. The Morgan fingerprint density at radius 2 is 1.52 bits per heavy atom. The number of rotatable bonds is 6. The topological polar surface area (TPSA) is 75.3 Å². The first-order valence-corrected chi connectivity index (χ1v) is 11.3. The average Bonchev–Trinajstić information content (AvgIpc) is 2.71. The molecular weight excluding hydrogens is 415 g/mol. The maximum absolute atomic E-state index is 13.1. The van der Waals surface area contributed by atoms with E-state index in [-0.39, 0.29) is 22.3 Å². The third-order valence-electron chi connectivity index (χ3n) is 5.22. The first-order chi connectivity index (χ1) is 14.6. The predicted molar refractivity (Wildman–Crippen MR) is 120 cm³/mol. The van der Waals surface area contributed by atoms with E-state index in [9.17, 15) is 17.6 Å². The third-order valence-corrected chi connectivity index (χ3v) is 6.74. The van der Waals surface area contributed by atoms with Gasteiger partial charge in [0.1, 0.15) is 5.82 Å². The van der Waals surface area contributed by atoms with Crippen molar-refractivity contribution in [1.82, 2.24) is 5.32 Å². The van der Waals surface area contributed by atoms with Crippen LogP contribution >= 0.6 is 0 Å². The Balaban J connectivity index is 1.83. The van der Waals surface area contributed by atoms with Gasteiger partial charge in [0.05, 0.1) is 10.9 Å². The van der Waals surface area contributed by atoms with Crippen LogP contribution in [0, 0.1) is 26.6 Å². The van der Waals surface area contributed by atoms with Crippen molar-refractivity contribution in [2.45, 2.75) is 38.6 Å². The molecule has 0 saturated heterocycles. The number of hydrogen-bond acceptors (Lipinski definition) is 3. The van der Waals surface area contributed by atoms with Gasteiger partial charge in [-0.1, -0.05) is 24.3 Å². The summed E-state index contributed by atoms with van der Waals surface area (Å²) < 4.78 is 41.7. The van der Waals surface area contributed by atoms with Crippen LogP contribution in [0.15, 0.2) is 65.6 Å². The zero-order valence-corrected chi connectivity index (χ0v) is 18.7. The van der Waals surface area contributed by atoms with Crippen molar-refractivity contribution < 1.29 is 17.6 Å². The van der Waals surface area contributed by atoms with Gasteiger partial charge in [-0.15, -0.1) is 0 Å². The molecule has 2 N–H and O–H groups in total. The van der Waals surface area contributed by atoms with Crippen LogP contribution in [0.3, 0.4) is 0 Å². The molecule has 0 aromatic heterocycles. The molecule has 3 aromatic carbocycles. The molecule has 31 heavy (non-hydrogen) atoms. The first kappa shape index (κ1) is 22.5.